The normalized spacial score (nSPS) is 16.0. The van der Waals surface area contributed by atoms with Crippen molar-refractivity contribution in [2.75, 3.05) is 14.2 Å². The second-order valence-corrected chi connectivity index (χ2v) is 7.52. The van der Waals surface area contributed by atoms with Crippen molar-refractivity contribution in [1.29, 1.82) is 0 Å². The lowest BCUT2D eigenvalue weighted by Gasteiger charge is -2.11. The molecule has 0 aliphatic carbocycles. The van der Waals surface area contributed by atoms with Crippen molar-refractivity contribution >= 4 is 46.6 Å². The van der Waals surface area contributed by atoms with Crippen LogP contribution in [0.1, 0.15) is 11.1 Å². The molecule has 1 aliphatic rings. The van der Waals surface area contributed by atoms with Crippen molar-refractivity contribution in [3.8, 4) is 11.5 Å². The summed E-state index contributed by atoms with van der Waals surface area (Å²) in [5.74, 6) is 0.258. The first-order valence-electron chi connectivity index (χ1n) is 8.93. The highest BCUT2D eigenvalue weighted by atomic mass is 35.5. The Hall–Kier alpha value is -3.30. The molecule has 31 heavy (non-hydrogen) atoms. The third kappa shape index (κ3) is 6.34. The molecule has 3 rings (SSSR count). The van der Waals surface area contributed by atoms with Crippen molar-refractivity contribution in [3.05, 3.63) is 69.6 Å². The molecule has 0 atom stereocenters. The minimum Gasteiger partial charge on any atom is -0.496 e. The molecule has 1 amide bonds. The Morgan fingerprint density at radius 2 is 2.06 bits per heavy atom. The van der Waals surface area contributed by atoms with Gasteiger partial charge in [-0.05, 0) is 53.7 Å². The van der Waals surface area contributed by atoms with Crippen LogP contribution in [-0.2, 0) is 20.9 Å². The van der Waals surface area contributed by atoms with Gasteiger partial charge < -0.3 is 14.2 Å². The highest BCUT2D eigenvalue weighted by Crippen LogP contribution is 2.25. The molecule has 1 heterocycles. The molecule has 0 radical (unpaired) electrons. The molecule has 1 fully saturated rings. The maximum atomic E-state index is 11.8. The van der Waals surface area contributed by atoms with Crippen LogP contribution in [0.5, 0.6) is 11.5 Å². The molecule has 1 aliphatic heterocycles. The summed E-state index contributed by atoms with van der Waals surface area (Å²) < 4.78 is 15.7. The van der Waals surface area contributed by atoms with Crippen LogP contribution in [0.2, 0.25) is 5.02 Å². The standard InChI is InChI=1S/C21H18ClN3O5S/c1-28-17-7-6-13(8-14(17)12-30-16-5-3-4-15(22)9-16)11-23-25-21-24-20(27)18(31-21)10-19(26)29-2/h3-11H,12H2,1-2H3,(H,24,25,27)/b18-10+,23-11?. The van der Waals surface area contributed by atoms with Gasteiger partial charge in [0.05, 0.1) is 25.3 Å². The van der Waals surface area contributed by atoms with Crippen LogP contribution < -0.4 is 14.8 Å². The summed E-state index contributed by atoms with van der Waals surface area (Å²) in [6.07, 6.45) is 2.63. The third-order valence-electron chi connectivity index (χ3n) is 3.95. The van der Waals surface area contributed by atoms with E-state index in [-0.39, 0.29) is 16.7 Å². The first-order valence-corrected chi connectivity index (χ1v) is 10.1. The van der Waals surface area contributed by atoms with E-state index in [0.717, 1.165) is 29.0 Å². The van der Waals surface area contributed by atoms with Gasteiger partial charge in [0.1, 0.15) is 18.1 Å². The summed E-state index contributed by atoms with van der Waals surface area (Å²) in [4.78, 5) is 23.3. The van der Waals surface area contributed by atoms with Crippen LogP contribution >= 0.6 is 23.4 Å². The highest BCUT2D eigenvalue weighted by molar-refractivity contribution is 8.18. The van der Waals surface area contributed by atoms with Crippen LogP contribution in [-0.4, -0.2) is 37.5 Å². The zero-order valence-corrected chi connectivity index (χ0v) is 18.2. The Labute approximate surface area is 187 Å². The Morgan fingerprint density at radius 1 is 1.23 bits per heavy atom. The molecule has 160 valence electrons. The number of nitrogens with zero attached hydrogens (tertiary/aromatic N) is 2. The molecular formula is C21H18ClN3O5S. The topological polar surface area (TPSA) is 98.6 Å². The van der Waals surface area contributed by atoms with Crippen LogP contribution in [0.25, 0.3) is 0 Å². The van der Waals surface area contributed by atoms with Crippen LogP contribution in [0.4, 0.5) is 0 Å². The number of amides is 1. The molecule has 2 aromatic rings. The molecule has 0 aromatic heterocycles. The Morgan fingerprint density at radius 3 is 2.81 bits per heavy atom. The van der Waals surface area contributed by atoms with Crippen molar-refractivity contribution in [2.24, 2.45) is 10.2 Å². The molecule has 10 heteroatoms. The van der Waals surface area contributed by atoms with Crippen LogP contribution in [0, 0.1) is 0 Å². The second-order valence-electron chi connectivity index (χ2n) is 6.05. The third-order valence-corrected chi connectivity index (χ3v) is 5.09. The SMILES string of the molecule is COC(=O)/C=C1/S/C(=N\N=Cc2ccc(OC)c(COc3cccc(Cl)c3)c2)NC1=O. The van der Waals surface area contributed by atoms with E-state index in [9.17, 15) is 9.59 Å². The summed E-state index contributed by atoms with van der Waals surface area (Å²) in [6.45, 7) is 0.271. The van der Waals surface area contributed by atoms with E-state index in [4.69, 9.17) is 21.1 Å². The summed E-state index contributed by atoms with van der Waals surface area (Å²) in [7, 11) is 2.82. The summed E-state index contributed by atoms with van der Waals surface area (Å²) in [5, 5.41) is 11.4. The van der Waals surface area contributed by atoms with Crippen molar-refractivity contribution in [1.82, 2.24) is 5.32 Å². The van der Waals surface area contributed by atoms with Gasteiger partial charge in [0.25, 0.3) is 5.91 Å². The fourth-order valence-corrected chi connectivity index (χ4v) is 3.42. The average molecular weight is 460 g/mol. The second kappa shape index (κ2) is 10.6. The van der Waals surface area contributed by atoms with E-state index >= 15 is 0 Å². The summed E-state index contributed by atoms with van der Waals surface area (Å²) in [5.41, 5.74) is 1.57. The highest BCUT2D eigenvalue weighted by Gasteiger charge is 2.25. The van der Waals surface area contributed by atoms with E-state index < -0.39 is 11.9 Å². The number of amidine groups is 1. The maximum absolute atomic E-state index is 11.8. The molecule has 1 saturated heterocycles. The lowest BCUT2D eigenvalue weighted by atomic mass is 10.1. The van der Waals surface area contributed by atoms with Crippen molar-refractivity contribution < 1.29 is 23.8 Å². The summed E-state index contributed by atoms with van der Waals surface area (Å²) in [6, 6.07) is 12.6. The molecule has 1 N–H and O–H groups in total. The monoisotopic (exact) mass is 459 g/mol. The minimum absolute atomic E-state index is 0.186. The number of methoxy groups -OCH3 is 2. The molecule has 0 unspecified atom stereocenters. The number of hydrogen-bond donors (Lipinski definition) is 1. The van der Waals surface area contributed by atoms with Gasteiger partial charge in [-0.15, -0.1) is 5.10 Å². The predicted molar refractivity (Wildman–Crippen MR) is 120 cm³/mol. The van der Waals surface area contributed by atoms with E-state index in [0.29, 0.717) is 16.5 Å². The number of ether oxygens (including phenoxy) is 3. The minimum atomic E-state index is -0.617. The van der Waals surface area contributed by atoms with Gasteiger partial charge in [0.2, 0.25) is 0 Å². The smallest absolute Gasteiger partial charge is 0.331 e. The number of benzene rings is 2. The first-order chi connectivity index (χ1) is 15.0. The van der Waals surface area contributed by atoms with Crippen molar-refractivity contribution in [3.63, 3.8) is 0 Å². The fraction of sp³-hybridized carbons (Fsp3) is 0.143. The van der Waals surface area contributed by atoms with Gasteiger partial charge in [-0.3, -0.25) is 10.1 Å². The number of rotatable bonds is 7. The number of halogens is 1. The van der Waals surface area contributed by atoms with Gasteiger partial charge >= 0.3 is 5.97 Å². The lowest BCUT2D eigenvalue weighted by molar-refractivity contribution is -0.135. The molecular weight excluding hydrogens is 442 g/mol. The predicted octanol–water partition coefficient (Wildman–Crippen LogP) is 3.54. The van der Waals surface area contributed by atoms with Crippen LogP contribution in [0.15, 0.2) is 63.6 Å². The zero-order chi connectivity index (χ0) is 22.2. The largest absolute Gasteiger partial charge is 0.496 e. The van der Waals surface area contributed by atoms with E-state index in [1.165, 1.54) is 13.3 Å². The van der Waals surface area contributed by atoms with Crippen molar-refractivity contribution in [2.45, 2.75) is 6.61 Å². The molecule has 8 nitrogen and oxygen atoms in total. The zero-order valence-electron chi connectivity index (χ0n) is 16.6. The Balaban J connectivity index is 1.69. The van der Waals surface area contributed by atoms with Gasteiger partial charge in [-0.1, -0.05) is 17.7 Å². The van der Waals surface area contributed by atoms with Gasteiger partial charge in [0, 0.05) is 16.7 Å². The summed E-state index contributed by atoms with van der Waals surface area (Å²) >= 11 is 6.98. The quantitative estimate of drug-likeness (QED) is 0.294. The molecule has 2 aromatic carbocycles. The average Bonchev–Trinajstić information content (AvgIpc) is 3.11. The first kappa shape index (κ1) is 22.4. The lowest BCUT2D eigenvalue weighted by Crippen LogP contribution is -2.19. The number of carbonyl (C=O) groups is 2. The number of hydrogen-bond acceptors (Lipinski definition) is 8. The Bertz CT molecular complexity index is 1080. The number of thioether (sulfide) groups is 1. The Kier molecular flexibility index (Phi) is 7.69. The molecule has 0 spiro atoms. The van der Waals surface area contributed by atoms with E-state index in [1.807, 2.05) is 24.3 Å². The number of esters is 1. The van der Waals surface area contributed by atoms with E-state index in [1.54, 1.807) is 25.3 Å². The fourth-order valence-electron chi connectivity index (χ4n) is 2.50. The van der Waals surface area contributed by atoms with Gasteiger partial charge in [-0.2, -0.15) is 5.10 Å². The van der Waals surface area contributed by atoms with Gasteiger partial charge in [0.15, 0.2) is 5.17 Å². The van der Waals surface area contributed by atoms with Gasteiger partial charge in [-0.25, -0.2) is 4.79 Å². The number of nitrogens with one attached hydrogen (secondary N) is 1. The number of carbonyl (C=O) groups excluding carboxylic acids is 2. The maximum Gasteiger partial charge on any atom is 0.331 e. The molecule has 0 saturated carbocycles. The van der Waals surface area contributed by atoms with E-state index in [2.05, 4.69) is 20.3 Å². The molecule has 0 bridgehead atoms. The van der Waals surface area contributed by atoms with Crippen LogP contribution in [0.3, 0.4) is 0 Å².